The van der Waals surface area contributed by atoms with Gasteiger partial charge in [0.15, 0.2) is 0 Å². The summed E-state index contributed by atoms with van der Waals surface area (Å²) in [4.78, 5) is 31.1. The van der Waals surface area contributed by atoms with Gasteiger partial charge in [-0.05, 0) is 57.8 Å². The van der Waals surface area contributed by atoms with E-state index in [9.17, 15) is 27.5 Å². The SMILES string of the molecule is C=CC(F)CC(F)=CCS(O)(O)CC=CC(=Cc1[nH]c(C)c(C(=O)NCCN(CC)CC)c1C)C(=O)NC=CC. The van der Waals surface area contributed by atoms with Crippen molar-refractivity contribution < 1.29 is 27.5 Å². The predicted molar refractivity (Wildman–Crippen MR) is 162 cm³/mol. The van der Waals surface area contributed by atoms with Gasteiger partial charge in [0.25, 0.3) is 11.8 Å². The van der Waals surface area contributed by atoms with Gasteiger partial charge in [-0.25, -0.2) is 8.78 Å². The topological polar surface area (TPSA) is 118 Å². The third-order valence-electron chi connectivity index (χ3n) is 6.13. The summed E-state index contributed by atoms with van der Waals surface area (Å²) in [6, 6.07) is 0. The Bertz CT molecular complexity index is 1120. The van der Waals surface area contributed by atoms with Crippen molar-refractivity contribution in [3.8, 4) is 0 Å². The number of alkyl halides is 1. The highest BCUT2D eigenvalue weighted by Gasteiger charge is 2.18. The lowest BCUT2D eigenvalue weighted by atomic mass is 10.1. The number of likely N-dealkylation sites (N-methyl/N-ethyl adjacent to an activating group) is 1. The summed E-state index contributed by atoms with van der Waals surface area (Å²) in [5.74, 6) is -2.09. The van der Waals surface area contributed by atoms with E-state index in [0.717, 1.165) is 31.8 Å². The molecule has 1 aromatic heterocycles. The average molecular weight is 583 g/mol. The Labute approximate surface area is 238 Å². The quantitative estimate of drug-likeness (QED) is 0.0903. The summed E-state index contributed by atoms with van der Waals surface area (Å²) in [7, 11) is -3.26. The molecule has 40 heavy (non-hydrogen) atoms. The number of rotatable bonds is 17. The molecule has 8 nitrogen and oxygen atoms in total. The van der Waals surface area contributed by atoms with Crippen LogP contribution >= 0.6 is 10.6 Å². The normalized spacial score (nSPS) is 14.2. The van der Waals surface area contributed by atoms with Crippen molar-refractivity contribution in [2.45, 2.75) is 47.2 Å². The molecule has 0 saturated heterocycles. The van der Waals surface area contributed by atoms with Crippen molar-refractivity contribution in [2.24, 2.45) is 0 Å². The first-order valence-electron chi connectivity index (χ1n) is 13.2. The summed E-state index contributed by atoms with van der Waals surface area (Å²) in [6.45, 7) is 15.7. The van der Waals surface area contributed by atoms with E-state index >= 15 is 0 Å². The van der Waals surface area contributed by atoms with Gasteiger partial charge in [-0.3, -0.25) is 18.7 Å². The van der Waals surface area contributed by atoms with Gasteiger partial charge >= 0.3 is 0 Å². The van der Waals surface area contributed by atoms with Gasteiger partial charge in [-0.2, -0.15) is 10.6 Å². The number of amides is 2. The molecule has 11 heteroatoms. The van der Waals surface area contributed by atoms with E-state index in [1.807, 2.05) is 0 Å². The van der Waals surface area contributed by atoms with E-state index in [2.05, 4.69) is 40.9 Å². The smallest absolute Gasteiger partial charge is 0.255 e. The number of carbonyl (C=O) groups excluding carboxylic acids is 2. The summed E-state index contributed by atoms with van der Waals surface area (Å²) in [5, 5.41) is 5.57. The maximum atomic E-state index is 13.8. The Balaban J connectivity index is 3.13. The number of aromatic amines is 1. The van der Waals surface area contributed by atoms with Crippen LogP contribution in [0.5, 0.6) is 0 Å². The van der Waals surface area contributed by atoms with Gasteiger partial charge in [0.2, 0.25) is 0 Å². The molecule has 1 heterocycles. The maximum absolute atomic E-state index is 13.8. The Morgan fingerprint density at radius 3 is 2.48 bits per heavy atom. The lowest BCUT2D eigenvalue weighted by molar-refractivity contribution is -0.116. The number of aromatic nitrogens is 1. The van der Waals surface area contributed by atoms with Crippen LogP contribution in [-0.4, -0.2) is 74.7 Å². The number of H-pyrrole nitrogens is 1. The van der Waals surface area contributed by atoms with Crippen molar-refractivity contribution >= 4 is 28.5 Å². The molecule has 0 aliphatic carbocycles. The van der Waals surface area contributed by atoms with E-state index in [-0.39, 0.29) is 17.2 Å². The fraction of sp³-hybridized carbons (Fsp3) is 0.448. The van der Waals surface area contributed by atoms with Gasteiger partial charge in [0.1, 0.15) is 12.0 Å². The van der Waals surface area contributed by atoms with Crippen LogP contribution < -0.4 is 10.6 Å². The van der Waals surface area contributed by atoms with Gasteiger partial charge in [-0.15, -0.1) is 6.58 Å². The van der Waals surface area contributed by atoms with Crippen molar-refractivity contribution in [3.63, 3.8) is 0 Å². The van der Waals surface area contributed by atoms with Crippen LogP contribution in [0.3, 0.4) is 0 Å². The molecule has 0 aliphatic rings. The number of nitrogens with one attached hydrogen (secondary N) is 3. The fourth-order valence-corrected chi connectivity index (χ4v) is 4.76. The van der Waals surface area contributed by atoms with Crippen molar-refractivity contribution in [1.82, 2.24) is 20.5 Å². The highest BCUT2D eigenvalue weighted by Crippen LogP contribution is 2.39. The van der Waals surface area contributed by atoms with E-state index in [1.54, 1.807) is 32.9 Å². The number of hydrogen-bond donors (Lipinski definition) is 5. The van der Waals surface area contributed by atoms with Crippen LogP contribution in [0.25, 0.3) is 6.08 Å². The average Bonchev–Trinajstić information content (AvgIpc) is 3.19. The van der Waals surface area contributed by atoms with E-state index in [4.69, 9.17) is 0 Å². The number of hydrogen-bond acceptors (Lipinski definition) is 5. The third-order valence-corrected chi connectivity index (χ3v) is 7.56. The first-order chi connectivity index (χ1) is 18.9. The first-order valence-corrected chi connectivity index (χ1v) is 15.1. The zero-order valence-corrected chi connectivity index (χ0v) is 24.9. The lowest BCUT2D eigenvalue weighted by Gasteiger charge is -2.29. The number of aryl methyl sites for hydroxylation is 1. The van der Waals surface area contributed by atoms with Crippen LogP contribution in [-0.2, 0) is 4.79 Å². The molecular formula is C29H44F2N4O4S. The minimum atomic E-state index is -3.26. The van der Waals surface area contributed by atoms with E-state index in [0.29, 0.717) is 29.1 Å². The summed E-state index contributed by atoms with van der Waals surface area (Å²) >= 11 is 0. The first kappa shape index (κ1) is 35.0. The van der Waals surface area contributed by atoms with Crippen LogP contribution in [0.2, 0.25) is 0 Å². The fourth-order valence-electron chi connectivity index (χ4n) is 3.78. The maximum Gasteiger partial charge on any atom is 0.255 e. The van der Waals surface area contributed by atoms with Gasteiger partial charge in [0, 0.05) is 36.5 Å². The predicted octanol–water partition coefficient (Wildman–Crippen LogP) is 5.81. The van der Waals surface area contributed by atoms with Gasteiger partial charge in [-0.1, -0.05) is 38.2 Å². The molecule has 1 rings (SSSR count). The molecule has 0 saturated carbocycles. The summed E-state index contributed by atoms with van der Waals surface area (Å²) in [5.41, 5.74) is 2.56. The van der Waals surface area contributed by atoms with Gasteiger partial charge in [0.05, 0.1) is 17.1 Å². The van der Waals surface area contributed by atoms with E-state index in [1.165, 1.54) is 18.4 Å². The Hall–Kier alpha value is -2.99. The van der Waals surface area contributed by atoms with Crippen molar-refractivity contribution in [1.29, 1.82) is 0 Å². The van der Waals surface area contributed by atoms with Gasteiger partial charge < -0.3 is 20.5 Å². The molecule has 0 bridgehead atoms. The monoisotopic (exact) mass is 582 g/mol. The standard InChI is InChI=1S/C29H44F2N4O4S/c1-7-14-32-28(36)23(12-11-17-40(38,39)18-13-25(31)20-24(30)8-2)19-26-21(5)27(22(6)34-26)29(37)33-15-16-35(9-3)10-4/h7-8,11-14,19,24,34,38-39H,2,9-10,15-18,20H2,1,3-6H3,(H,32,36)(H,33,37). The molecule has 0 radical (unpaired) electrons. The van der Waals surface area contributed by atoms with Crippen LogP contribution in [0.1, 0.15) is 54.5 Å². The Morgan fingerprint density at radius 1 is 1.20 bits per heavy atom. The minimum absolute atomic E-state index is 0.194. The Morgan fingerprint density at radius 2 is 1.88 bits per heavy atom. The molecule has 5 N–H and O–H groups in total. The molecule has 0 aromatic carbocycles. The molecule has 1 atom stereocenters. The number of halogens is 2. The van der Waals surface area contributed by atoms with Crippen molar-refractivity contribution in [2.75, 3.05) is 37.7 Å². The minimum Gasteiger partial charge on any atom is -0.358 e. The zero-order chi connectivity index (χ0) is 30.3. The molecule has 1 aromatic rings. The number of nitrogens with zero attached hydrogens (tertiary/aromatic N) is 1. The summed E-state index contributed by atoms with van der Waals surface area (Å²) in [6.07, 6.45) is 7.39. The summed E-state index contributed by atoms with van der Waals surface area (Å²) < 4.78 is 47.6. The molecule has 0 aliphatic heterocycles. The molecule has 0 fully saturated rings. The van der Waals surface area contributed by atoms with E-state index < -0.39 is 40.7 Å². The highest BCUT2D eigenvalue weighted by atomic mass is 32.3. The zero-order valence-electron chi connectivity index (χ0n) is 24.1. The molecule has 2 amide bonds. The second kappa shape index (κ2) is 17.6. The Kier molecular flexibility index (Phi) is 15.5. The number of carbonyl (C=O) groups is 2. The molecule has 224 valence electrons. The molecule has 1 unspecified atom stereocenters. The third kappa shape index (κ3) is 12.0. The number of allylic oxidation sites excluding steroid dienone is 3. The van der Waals surface area contributed by atoms with Crippen LogP contribution in [0.15, 0.2) is 54.6 Å². The second-order valence-electron chi connectivity index (χ2n) is 9.16. The van der Waals surface area contributed by atoms with Crippen LogP contribution in [0, 0.1) is 13.8 Å². The lowest BCUT2D eigenvalue weighted by Crippen LogP contribution is -2.35. The largest absolute Gasteiger partial charge is 0.358 e. The second-order valence-corrected chi connectivity index (χ2v) is 11.4. The molecule has 0 spiro atoms. The molecular weight excluding hydrogens is 538 g/mol. The highest BCUT2D eigenvalue weighted by molar-refractivity contribution is 8.24. The van der Waals surface area contributed by atoms with Crippen molar-refractivity contribution in [3.05, 3.63) is 77.1 Å². The van der Waals surface area contributed by atoms with Crippen LogP contribution in [0.4, 0.5) is 8.78 Å².